The molecule has 4 rings (SSSR count). The average Bonchev–Trinajstić information content (AvgIpc) is 3.32. The molecular formula is C15H10N2O4S2. The number of rotatable bonds is 5. The summed E-state index contributed by atoms with van der Waals surface area (Å²) in [6.45, 7) is 0.217. The topological polar surface area (TPSA) is 74.5 Å². The Morgan fingerprint density at radius 3 is 3.00 bits per heavy atom. The van der Waals surface area contributed by atoms with Crippen LogP contribution in [0.5, 0.6) is 11.5 Å². The molecule has 0 N–H and O–H groups in total. The highest BCUT2D eigenvalue weighted by molar-refractivity contribution is 7.99. The van der Waals surface area contributed by atoms with Gasteiger partial charge in [0, 0.05) is 5.56 Å². The van der Waals surface area contributed by atoms with Crippen molar-refractivity contribution in [3.05, 3.63) is 40.6 Å². The second-order valence-electron chi connectivity index (χ2n) is 4.63. The molecule has 0 atom stereocenters. The first-order chi connectivity index (χ1) is 11.3. The Morgan fingerprint density at radius 2 is 2.13 bits per heavy atom. The number of hydrogen-bond acceptors (Lipinski definition) is 8. The van der Waals surface area contributed by atoms with Crippen LogP contribution in [0, 0.1) is 0 Å². The Morgan fingerprint density at radius 1 is 1.22 bits per heavy atom. The van der Waals surface area contributed by atoms with Gasteiger partial charge in [-0.15, -0.1) is 21.5 Å². The van der Waals surface area contributed by atoms with Crippen molar-refractivity contribution >= 4 is 28.9 Å². The number of ether oxygens (including phenoxy) is 2. The van der Waals surface area contributed by atoms with E-state index in [4.69, 9.17) is 13.9 Å². The van der Waals surface area contributed by atoms with Crippen LogP contribution in [0.15, 0.2) is 45.4 Å². The van der Waals surface area contributed by atoms with E-state index in [1.807, 2.05) is 17.5 Å². The summed E-state index contributed by atoms with van der Waals surface area (Å²) in [5, 5.41) is 10.2. The quantitative estimate of drug-likeness (QED) is 0.517. The minimum absolute atomic E-state index is 0.0489. The first-order valence-corrected chi connectivity index (χ1v) is 8.59. The van der Waals surface area contributed by atoms with Crippen molar-refractivity contribution < 1.29 is 18.7 Å². The van der Waals surface area contributed by atoms with Gasteiger partial charge in [0.05, 0.1) is 10.6 Å². The Hall–Kier alpha value is -2.32. The van der Waals surface area contributed by atoms with Crippen LogP contribution in [0.1, 0.15) is 9.67 Å². The molecule has 0 saturated heterocycles. The van der Waals surface area contributed by atoms with Gasteiger partial charge in [0.2, 0.25) is 12.7 Å². The Bertz CT molecular complexity index is 845. The van der Waals surface area contributed by atoms with E-state index in [1.54, 1.807) is 18.2 Å². The van der Waals surface area contributed by atoms with Crippen molar-refractivity contribution in [2.24, 2.45) is 0 Å². The number of benzene rings is 1. The van der Waals surface area contributed by atoms with Crippen LogP contribution in [0.25, 0.3) is 11.5 Å². The number of carbonyl (C=O) groups is 1. The minimum Gasteiger partial charge on any atom is -0.454 e. The molecule has 1 aliphatic rings. The first kappa shape index (κ1) is 14.3. The van der Waals surface area contributed by atoms with E-state index in [1.165, 1.54) is 23.1 Å². The molecular weight excluding hydrogens is 336 g/mol. The van der Waals surface area contributed by atoms with Crippen LogP contribution in [0.3, 0.4) is 0 Å². The molecule has 1 aromatic carbocycles. The maximum Gasteiger partial charge on any atom is 0.277 e. The molecule has 2 aromatic heterocycles. The molecule has 0 amide bonds. The third kappa shape index (κ3) is 2.95. The maximum absolute atomic E-state index is 12.0. The molecule has 116 valence electrons. The lowest BCUT2D eigenvalue weighted by atomic mass is 10.2. The van der Waals surface area contributed by atoms with E-state index in [2.05, 4.69) is 10.2 Å². The smallest absolute Gasteiger partial charge is 0.277 e. The fraction of sp³-hybridized carbons (Fsp3) is 0.133. The zero-order valence-corrected chi connectivity index (χ0v) is 13.4. The predicted octanol–water partition coefficient (Wildman–Crippen LogP) is 3.50. The predicted molar refractivity (Wildman–Crippen MR) is 85.2 cm³/mol. The summed E-state index contributed by atoms with van der Waals surface area (Å²) in [5.74, 6) is 2.05. The number of thiophene rings is 1. The van der Waals surface area contributed by atoms with E-state index >= 15 is 0 Å². The summed E-state index contributed by atoms with van der Waals surface area (Å²) in [4.78, 5) is 12.7. The Balaban J connectivity index is 1.45. The van der Waals surface area contributed by atoms with Crippen molar-refractivity contribution in [2.45, 2.75) is 5.22 Å². The van der Waals surface area contributed by atoms with Crippen LogP contribution in [0.2, 0.25) is 0 Å². The van der Waals surface area contributed by atoms with E-state index in [0.717, 1.165) is 10.4 Å². The van der Waals surface area contributed by atoms with Crippen LogP contribution >= 0.6 is 23.1 Å². The third-order valence-electron chi connectivity index (χ3n) is 3.15. The largest absolute Gasteiger partial charge is 0.454 e. The Labute approximate surface area is 139 Å². The van der Waals surface area contributed by atoms with Gasteiger partial charge in [0.1, 0.15) is 0 Å². The van der Waals surface area contributed by atoms with E-state index < -0.39 is 0 Å². The summed E-state index contributed by atoms with van der Waals surface area (Å²) < 4.78 is 16.2. The van der Waals surface area contributed by atoms with Crippen molar-refractivity contribution in [2.75, 3.05) is 12.5 Å². The van der Waals surface area contributed by atoms with Gasteiger partial charge in [0.15, 0.2) is 17.3 Å². The molecule has 3 aromatic rings. The number of fused-ring (bicyclic) bond motifs is 1. The molecule has 0 saturated carbocycles. The Kier molecular flexibility index (Phi) is 3.76. The molecule has 0 unspecified atom stereocenters. The summed E-state index contributed by atoms with van der Waals surface area (Å²) in [6, 6.07) is 9.08. The maximum atomic E-state index is 12.0. The first-order valence-electron chi connectivity index (χ1n) is 6.72. The number of ketones is 1. The second-order valence-corrected chi connectivity index (χ2v) is 6.50. The van der Waals surface area contributed by atoms with Crippen molar-refractivity contribution in [3.63, 3.8) is 0 Å². The lowest BCUT2D eigenvalue weighted by Gasteiger charge is -1.98. The van der Waals surface area contributed by atoms with Gasteiger partial charge < -0.3 is 13.9 Å². The number of carbonyl (C=O) groups excluding carboxylic acids is 1. The average molecular weight is 346 g/mol. The highest BCUT2D eigenvalue weighted by atomic mass is 32.2. The monoisotopic (exact) mass is 346 g/mol. The molecule has 3 heterocycles. The van der Waals surface area contributed by atoms with Crippen molar-refractivity contribution in [1.29, 1.82) is 0 Å². The summed E-state index contributed by atoms with van der Waals surface area (Å²) in [5.41, 5.74) is 0.748. The number of thioether (sulfide) groups is 1. The summed E-state index contributed by atoms with van der Waals surface area (Å²) >= 11 is 2.65. The van der Waals surface area contributed by atoms with Crippen molar-refractivity contribution in [1.82, 2.24) is 10.2 Å². The molecule has 6 nitrogen and oxygen atoms in total. The number of Topliss-reactive ketones (excluding diaryl/α,β-unsaturated/α-hetero) is 1. The molecule has 0 radical (unpaired) electrons. The zero-order valence-electron chi connectivity index (χ0n) is 11.7. The lowest BCUT2D eigenvalue weighted by Crippen LogP contribution is -1.98. The number of aromatic nitrogens is 2. The summed E-state index contributed by atoms with van der Waals surface area (Å²) in [6.07, 6.45) is 0. The van der Waals surface area contributed by atoms with Gasteiger partial charge >= 0.3 is 0 Å². The van der Waals surface area contributed by atoms with Gasteiger partial charge in [-0.2, -0.15) is 0 Å². The van der Waals surface area contributed by atoms with Gasteiger partial charge in [-0.25, -0.2) is 0 Å². The van der Waals surface area contributed by atoms with Gasteiger partial charge in [-0.3, -0.25) is 4.79 Å². The molecule has 1 aliphatic heterocycles. The van der Waals surface area contributed by atoms with Gasteiger partial charge in [-0.05, 0) is 29.6 Å². The van der Waals surface area contributed by atoms with Crippen LogP contribution in [-0.4, -0.2) is 28.5 Å². The van der Waals surface area contributed by atoms with Crippen molar-refractivity contribution in [3.8, 4) is 23.0 Å². The van der Waals surface area contributed by atoms with Crippen LogP contribution < -0.4 is 9.47 Å². The fourth-order valence-electron chi connectivity index (χ4n) is 2.05. The summed E-state index contributed by atoms with van der Waals surface area (Å²) in [7, 11) is 0. The molecule has 0 spiro atoms. The van der Waals surface area contributed by atoms with Gasteiger partial charge in [0.25, 0.3) is 5.22 Å². The third-order valence-corrected chi connectivity index (χ3v) is 4.88. The van der Waals surface area contributed by atoms with E-state index in [9.17, 15) is 4.79 Å². The van der Waals surface area contributed by atoms with Crippen LogP contribution in [0.4, 0.5) is 0 Å². The second kappa shape index (κ2) is 6.05. The normalized spacial score (nSPS) is 12.5. The molecule has 0 fully saturated rings. The van der Waals surface area contributed by atoms with Gasteiger partial charge in [-0.1, -0.05) is 17.8 Å². The highest BCUT2D eigenvalue weighted by Crippen LogP contribution is 2.36. The SMILES string of the molecule is O=C(CSc1nnc(-c2ccc3c(c2)OCO3)o1)c1cccs1. The molecule has 23 heavy (non-hydrogen) atoms. The molecule has 8 heteroatoms. The van der Waals surface area contributed by atoms with E-state index in [0.29, 0.717) is 22.6 Å². The molecule has 0 bridgehead atoms. The number of nitrogens with zero attached hydrogens (tertiary/aromatic N) is 2. The van der Waals surface area contributed by atoms with E-state index in [-0.39, 0.29) is 18.3 Å². The highest BCUT2D eigenvalue weighted by Gasteiger charge is 2.17. The standard InChI is InChI=1S/C15H10N2O4S2/c18-10(13-2-1-5-22-13)7-23-15-17-16-14(21-15)9-3-4-11-12(6-9)20-8-19-11/h1-6H,7-8H2. The zero-order chi connectivity index (χ0) is 15.6. The van der Waals surface area contributed by atoms with Crippen LogP contribution in [-0.2, 0) is 0 Å². The molecule has 0 aliphatic carbocycles. The lowest BCUT2D eigenvalue weighted by molar-refractivity contribution is 0.102. The fourth-order valence-corrected chi connectivity index (χ4v) is 3.45. The minimum atomic E-state index is 0.0489. The number of hydrogen-bond donors (Lipinski definition) is 0.